The molecule has 0 amide bonds. The summed E-state index contributed by atoms with van der Waals surface area (Å²) in [6.07, 6.45) is -9.26. The smallest absolute Gasteiger partial charge is 0.387 e. The minimum absolute atomic E-state index is 0.785. The second kappa shape index (κ2) is 5.03. The van der Waals surface area contributed by atoms with Crippen LogP contribution in [0.15, 0.2) is 0 Å². The van der Waals surface area contributed by atoms with Crippen LogP contribution in [0.2, 0.25) is 0 Å². The molecule has 8 nitrogen and oxygen atoms in total. The van der Waals surface area contributed by atoms with E-state index in [0.717, 1.165) is 0 Å². The van der Waals surface area contributed by atoms with Crippen molar-refractivity contribution >= 4 is 7.82 Å². The average Bonchev–Trinajstić information content (AvgIpc) is 2.17. The standard InChI is InChI=1S/C6H12FO8P/c7-3-5(9)4(8)2(15-6(3)10)1-14-16(11,12)13/h2-6,8-10H,1H2,(H2,11,12,13)/i1+1,2+1,3+1,4+1,5+1,6+1. The largest absolute Gasteiger partial charge is 0.469 e. The predicted octanol–water partition coefficient (Wildman–Crippen LogP) is -2.13. The Labute approximate surface area is 89.5 Å². The number of aliphatic hydroxyl groups is 3. The van der Waals surface area contributed by atoms with E-state index in [0.29, 0.717) is 0 Å². The summed E-state index contributed by atoms with van der Waals surface area (Å²) in [4.78, 5) is 16.7. The molecule has 0 saturated carbocycles. The third-order valence-electron chi connectivity index (χ3n) is 2.05. The van der Waals surface area contributed by atoms with Gasteiger partial charge in [0.15, 0.2) is 12.5 Å². The molecule has 0 aromatic rings. The van der Waals surface area contributed by atoms with Gasteiger partial charge in [0, 0.05) is 0 Å². The highest BCUT2D eigenvalue weighted by atomic mass is 31.2. The highest BCUT2D eigenvalue weighted by molar-refractivity contribution is 7.46. The molecular formula is C6H12FO8P. The van der Waals surface area contributed by atoms with Crippen molar-refractivity contribution in [2.24, 2.45) is 0 Å². The molecule has 0 aliphatic carbocycles. The molecule has 0 bridgehead atoms. The van der Waals surface area contributed by atoms with Crippen molar-refractivity contribution in [3.05, 3.63) is 0 Å². The fraction of sp³-hybridized carbons (Fsp3) is 1.00. The first kappa shape index (κ1) is 13.9. The number of hydrogen-bond donors (Lipinski definition) is 5. The summed E-state index contributed by atoms with van der Waals surface area (Å²) in [5.74, 6) is 0. The van der Waals surface area contributed by atoms with Crippen LogP contribution in [-0.4, -0.2) is 62.5 Å². The molecule has 96 valence electrons. The normalized spacial score (nSPS) is 41.0. The molecule has 5 N–H and O–H groups in total. The van der Waals surface area contributed by atoms with Gasteiger partial charge in [0.25, 0.3) is 0 Å². The van der Waals surface area contributed by atoms with Crippen molar-refractivity contribution in [3.8, 4) is 0 Å². The monoisotopic (exact) mass is 268 g/mol. The van der Waals surface area contributed by atoms with E-state index in [4.69, 9.17) is 20.0 Å². The molecule has 1 saturated heterocycles. The van der Waals surface area contributed by atoms with Crippen molar-refractivity contribution in [2.75, 3.05) is 6.61 Å². The second-order valence-electron chi connectivity index (χ2n) is 3.28. The van der Waals surface area contributed by atoms with E-state index >= 15 is 0 Å². The zero-order valence-corrected chi connectivity index (χ0v) is 8.77. The van der Waals surface area contributed by atoms with Crippen LogP contribution in [0.3, 0.4) is 0 Å². The van der Waals surface area contributed by atoms with Gasteiger partial charge in [-0.15, -0.1) is 0 Å². The lowest BCUT2D eigenvalue weighted by atomic mass is 11.0. The predicted molar refractivity (Wildman–Crippen MR) is 45.8 cm³/mol. The number of halogens is 1. The van der Waals surface area contributed by atoms with Crippen molar-refractivity contribution in [2.45, 2.75) is 30.8 Å². The van der Waals surface area contributed by atoms with Gasteiger partial charge >= 0.3 is 7.82 Å². The number of phosphoric acid groups is 1. The Balaban J connectivity index is 2.57. The summed E-state index contributed by atoms with van der Waals surface area (Å²) in [6, 6.07) is 0. The van der Waals surface area contributed by atoms with Crippen LogP contribution in [-0.2, 0) is 13.8 Å². The number of hydrogen-bond acceptors (Lipinski definition) is 6. The lowest BCUT2D eigenvalue weighted by Crippen LogP contribution is -2.57. The molecule has 0 radical (unpaired) electrons. The van der Waals surface area contributed by atoms with Crippen LogP contribution in [0.1, 0.15) is 0 Å². The van der Waals surface area contributed by atoms with Gasteiger partial charge in [-0.25, -0.2) is 8.96 Å². The van der Waals surface area contributed by atoms with Gasteiger partial charge in [-0.2, -0.15) is 0 Å². The van der Waals surface area contributed by atoms with Crippen LogP contribution >= 0.6 is 7.82 Å². The zero-order valence-electron chi connectivity index (χ0n) is 7.88. The molecular weight excluding hydrogens is 256 g/mol. The Kier molecular flexibility index (Phi) is 4.38. The Morgan fingerprint density at radius 1 is 1.25 bits per heavy atom. The van der Waals surface area contributed by atoms with Gasteiger partial charge in [-0.3, -0.25) is 4.52 Å². The first-order chi connectivity index (χ1) is 7.22. The second-order valence-corrected chi connectivity index (χ2v) is 4.52. The topological polar surface area (TPSA) is 137 Å². The Morgan fingerprint density at radius 2 is 1.81 bits per heavy atom. The van der Waals surface area contributed by atoms with Crippen LogP contribution in [0.4, 0.5) is 4.39 Å². The molecule has 5 unspecified atom stereocenters. The number of ether oxygens (including phenoxy) is 1. The van der Waals surface area contributed by atoms with E-state index in [1.54, 1.807) is 0 Å². The van der Waals surface area contributed by atoms with Gasteiger partial charge < -0.3 is 29.8 Å². The van der Waals surface area contributed by atoms with E-state index in [2.05, 4.69) is 9.26 Å². The summed E-state index contributed by atoms with van der Waals surface area (Å²) >= 11 is 0. The highest BCUT2D eigenvalue weighted by Gasteiger charge is 2.44. The highest BCUT2D eigenvalue weighted by Crippen LogP contribution is 2.36. The van der Waals surface area contributed by atoms with E-state index < -0.39 is 45.2 Å². The summed E-state index contributed by atoms with van der Waals surface area (Å²) in [6.45, 7) is -0.785. The molecule has 1 fully saturated rings. The molecule has 1 aliphatic rings. The first-order valence-electron chi connectivity index (χ1n) is 4.26. The SMILES string of the molecule is O=P(O)(O)O[13CH2][13CH]1O[13CH](O)[13CH](F)[13CH](O)[13CH]1O. The Bertz CT molecular complexity index is 282. The summed E-state index contributed by atoms with van der Waals surface area (Å²) in [5, 5.41) is 27.3. The van der Waals surface area contributed by atoms with Gasteiger partial charge in [0.1, 0.15) is 18.3 Å². The Morgan fingerprint density at radius 3 is 2.31 bits per heavy atom. The number of aliphatic hydroxyl groups excluding tert-OH is 3. The van der Waals surface area contributed by atoms with Crippen molar-refractivity contribution in [1.82, 2.24) is 0 Å². The fourth-order valence-electron chi connectivity index (χ4n) is 1.22. The average molecular weight is 268 g/mol. The van der Waals surface area contributed by atoms with Gasteiger partial charge in [-0.1, -0.05) is 0 Å². The maximum Gasteiger partial charge on any atom is 0.469 e. The third kappa shape index (κ3) is 3.44. The first-order valence-corrected chi connectivity index (χ1v) is 5.79. The summed E-state index contributed by atoms with van der Waals surface area (Å²) in [7, 11) is -4.76. The maximum atomic E-state index is 12.9. The van der Waals surface area contributed by atoms with E-state index in [1.807, 2.05) is 0 Å². The molecule has 16 heavy (non-hydrogen) atoms. The van der Waals surface area contributed by atoms with Crippen molar-refractivity contribution < 1.29 is 43.3 Å². The quantitative estimate of drug-likeness (QED) is 0.289. The number of alkyl halides is 1. The van der Waals surface area contributed by atoms with E-state index in [1.165, 1.54) is 0 Å². The molecule has 1 rings (SSSR count). The Hall–Kier alpha value is -0.120. The lowest BCUT2D eigenvalue weighted by Gasteiger charge is -2.36. The van der Waals surface area contributed by atoms with Crippen LogP contribution in [0.5, 0.6) is 0 Å². The molecule has 1 heterocycles. The van der Waals surface area contributed by atoms with Crippen molar-refractivity contribution in [3.63, 3.8) is 0 Å². The van der Waals surface area contributed by atoms with Gasteiger partial charge in [0.05, 0.1) is 6.61 Å². The minimum atomic E-state index is -4.76. The third-order valence-corrected chi connectivity index (χ3v) is 2.54. The molecule has 1 aliphatic heterocycles. The van der Waals surface area contributed by atoms with Crippen LogP contribution < -0.4 is 0 Å². The van der Waals surface area contributed by atoms with Gasteiger partial charge in [-0.05, 0) is 0 Å². The molecule has 0 spiro atoms. The number of rotatable bonds is 3. The van der Waals surface area contributed by atoms with Crippen LogP contribution in [0.25, 0.3) is 0 Å². The zero-order chi connectivity index (χ0) is 12.5. The van der Waals surface area contributed by atoms with Crippen molar-refractivity contribution in [1.29, 1.82) is 0 Å². The minimum Gasteiger partial charge on any atom is -0.387 e. The lowest BCUT2D eigenvalue weighted by molar-refractivity contribution is -0.270. The van der Waals surface area contributed by atoms with Crippen LogP contribution in [0, 0.1) is 0 Å². The van der Waals surface area contributed by atoms with E-state index in [9.17, 15) is 14.1 Å². The maximum absolute atomic E-state index is 12.9. The molecule has 5 atom stereocenters. The molecule has 0 aromatic carbocycles. The molecule has 10 heteroatoms. The number of phosphoric ester groups is 1. The van der Waals surface area contributed by atoms with E-state index in [-0.39, 0.29) is 0 Å². The summed E-state index contributed by atoms with van der Waals surface area (Å²) in [5.41, 5.74) is 0. The fourth-order valence-corrected chi connectivity index (χ4v) is 1.56. The molecule has 0 aromatic heterocycles. The summed E-state index contributed by atoms with van der Waals surface area (Å²) < 4.78 is 31.7. The van der Waals surface area contributed by atoms with Gasteiger partial charge in [0.2, 0.25) is 0 Å².